The largest absolute Gasteiger partial charge is 0.295 e. The molecule has 5 nitrogen and oxygen atoms in total. The second-order valence-corrected chi connectivity index (χ2v) is 6.10. The fraction of sp³-hybridized carbons (Fsp3) is 0.0909. The molecule has 7 heteroatoms. The number of aromatic nitrogens is 1. The van der Waals surface area contributed by atoms with E-state index in [-0.39, 0.29) is 10.7 Å². The van der Waals surface area contributed by atoms with Gasteiger partial charge in [0.15, 0.2) is 10.9 Å². The Labute approximate surface area is 109 Å². The lowest BCUT2D eigenvalue weighted by atomic mass is 10.2. The lowest BCUT2D eigenvalue weighted by Crippen LogP contribution is -2.13. The van der Waals surface area contributed by atoms with Gasteiger partial charge in [0.25, 0.3) is 10.0 Å². The van der Waals surface area contributed by atoms with Crippen molar-refractivity contribution in [3.8, 4) is 0 Å². The smallest absolute Gasteiger partial charge is 0.263 e. The summed E-state index contributed by atoms with van der Waals surface area (Å²) in [4.78, 5) is 15.1. The molecule has 0 atom stereocenters. The third-order valence-electron chi connectivity index (χ3n) is 2.20. The minimum atomic E-state index is -3.69. The van der Waals surface area contributed by atoms with E-state index in [1.54, 1.807) is 11.4 Å². The summed E-state index contributed by atoms with van der Waals surface area (Å²) in [5, 5.41) is 1.97. The molecule has 2 aromatic rings. The van der Waals surface area contributed by atoms with Gasteiger partial charge in [0.2, 0.25) is 0 Å². The molecule has 1 aromatic heterocycles. The number of anilines is 1. The van der Waals surface area contributed by atoms with Gasteiger partial charge in [-0.2, -0.15) is 0 Å². The highest BCUT2D eigenvalue weighted by Crippen LogP contribution is 2.18. The number of ketones is 1. The maximum atomic E-state index is 12.0. The van der Waals surface area contributed by atoms with E-state index < -0.39 is 10.0 Å². The van der Waals surface area contributed by atoms with Gasteiger partial charge in [0.1, 0.15) is 0 Å². The van der Waals surface area contributed by atoms with Crippen LogP contribution in [0.1, 0.15) is 17.3 Å². The Kier molecular flexibility index (Phi) is 3.44. The van der Waals surface area contributed by atoms with Crippen molar-refractivity contribution in [3.05, 3.63) is 41.4 Å². The van der Waals surface area contributed by atoms with E-state index in [0.717, 1.165) is 0 Å². The maximum absolute atomic E-state index is 12.0. The summed E-state index contributed by atoms with van der Waals surface area (Å²) < 4.78 is 26.4. The number of hydrogen-bond donors (Lipinski definition) is 1. The van der Waals surface area contributed by atoms with Gasteiger partial charge >= 0.3 is 0 Å². The third-order valence-corrected chi connectivity index (χ3v) is 4.36. The van der Waals surface area contributed by atoms with E-state index in [2.05, 4.69) is 9.71 Å². The summed E-state index contributed by atoms with van der Waals surface area (Å²) in [6.45, 7) is 1.39. The number of Topliss-reactive ketones (excluding diaryl/α,β-unsaturated/α-hetero) is 1. The average molecular weight is 282 g/mol. The van der Waals surface area contributed by atoms with E-state index in [1.807, 2.05) is 0 Å². The maximum Gasteiger partial charge on any atom is 0.263 e. The van der Waals surface area contributed by atoms with Crippen LogP contribution in [0.2, 0.25) is 0 Å². The molecule has 0 saturated heterocycles. The lowest BCUT2D eigenvalue weighted by molar-refractivity contribution is 0.101. The van der Waals surface area contributed by atoms with Crippen molar-refractivity contribution in [3.63, 3.8) is 0 Å². The van der Waals surface area contributed by atoms with Gasteiger partial charge in [-0.25, -0.2) is 13.4 Å². The number of carbonyl (C=O) groups excluding carboxylic acids is 1. The first-order chi connectivity index (χ1) is 8.49. The highest BCUT2D eigenvalue weighted by molar-refractivity contribution is 7.93. The molecule has 1 aromatic carbocycles. The fourth-order valence-corrected chi connectivity index (χ4v) is 3.16. The zero-order valence-corrected chi connectivity index (χ0v) is 11.1. The SMILES string of the molecule is CC(=O)c1cccc(S(=O)(=O)Nc2nccs2)c1. The second kappa shape index (κ2) is 4.87. The zero-order valence-electron chi connectivity index (χ0n) is 9.45. The van der Waals surface area contributed by atoms with Crippen LogP contribution in [0.25, 0.3) is 0 Å². The summed E-state index contributed by atoms with van der Waals surface area (Å²) >= 11 is 1.19. The van der Waals surface area contributed by atoms with Crippen LogP contribution < -0.4 is 4.72 Å². The number of nitrogens with zero attached hydrogens (tertiary/aromatic N) is 1. The van der Waals surface area contributed by atoms with Crippen LogP contribution in [0, 0.1) is 0 Å². The summed E-state index contributed by atoms with van der Waals surface area (Å²) in [6, 6.07) is 5.89. The normalized spacial score (nSPS) is 11.2. The lowest BCUT2D eigenvalue weighted by Gasteiger charge is -2.05. The monoisotopic (exact) mass is 282 g/mol. The minimum Gasteiger partial charge on any atom is -0.295 e. The van der Waals surface area contributed by atoms with E-state index in [9.17, 15) is 13.2 Å². The van der Waals surface area contributed by atoms with Crippen LogP contribution in [0.3, 0.4) is 0 Å². The van der Waals surface area contributed by atoms with Crippen molar-refractivity contribution < 1.29 is 13.2 Å². The summed E-state index contributed by atoms with van der Waals surface area (Å²) in [5.41, 5.74) is 0.358. The van der Waals surface area contributed by atoms with Crippen molar-refractivity contribution in [2.24, 2.45) is 0 Å². The fourth-order valence-electron chi connectivity index (χ4n) is 1.33. The standard InChI is InChI=1S/C11H10N2O3S2/c1-8(14)9-3-2-4-10(7-9)18(15,16)13-11-12-5-6-17-11/h2-7H,1H3,(H,12,13). The number of rotatable bonds is 4. The first kappa shape index (κ1) is 12.7. The minimum absolute atomic E-state index is 0.0467. The predicted molar refractivity (Wildman–Crippen MR) is 69.4 cm³/mol. The molecule has 0 fully saturated rings. The van der Waals surface area contributed by atoms with Gasteiger partial charge in [0, 0.05) is 17.1 Å². The molecule has 0 unspecified atom stereocenters. The van der Waals surface area contributed by atoms with E-state index in [0.29, 0.717) is 10.7 Å². The van der Waals surface area contributed by atoms with Gasteiger partial charge in [-0.3, -0.25) is 9.52 Å². The Hall–Kier alpha value is -1.73. The van der Waals surface area contributed by atoms with Gasteiger partial charge in [0.05, 0.1) is 4.90 Å². The van der Waals surface area contributed by atoms with Crippen LogP contribution in [-0.2, 0) is 10.0 Å². The number of hydrogen-bond acceptors (Lipinski definition) is 5. The summed E-state index contributed by atoms with van der Waals surface area (Å²) in [5.74, 6) is -0.179. The topological polar surface area (TPSA) is 76.1 Å². The molecule has 0 radical (unpaired) electrons. The molecule has 94 valence electrons. The summed E-state index contributed by atoms with van der Waals surface area (Å²) in [7, 11) is -3.69. The average Bonchev–Trinajstić information content (AvgIpc) is 2.81. The van der Waals surface area contributed by atoms with E-state index >= 15 is 0 Å². The van der Waals surface area contributed by atoms with Gasteiger partial charge in [-0.1, -0.05) is 12.1 Å². The summed E-state index contributed by atoms with van der Waals surface area (Å²) in [6.07, 6.45) is 1.51. The highest BCUT2D eigenvalue weighted by Gasteiger charge is 2.16. The number of nitrogens with one attached hydrogen (secondary N) is 1. The van der Waals surface area contributed by atoms with E-state index in [4.69, 9.17) is 0 Å². The van der Waals surface area contributed by atoms with Crippen LogP contribution in [-0.4, -0.2) is 19.2 Å². The molecule has 0 amide bonds. The molecule has 0 saturated carbocycles. The zero-order chi connectivity index (χ0) is 13.2. The molecule has 0 spiro atoms. The number of benzene rings is 1. The molecule has 18 heavy (non-hydrogen) atoms. The van der Waals surface area contributed by atoms with Crippen molar-refractivity contribution in [2.45, 2.75) is 11.8 Å². The molecule has 0 aliphatic heterocycles. The highest BCUT2D eigenvalue weighted by atomic mass is 32.2. The Balaban J connectivity index is 2.35. The first-order valence-corrected chi connectivity index (χ1v) is 7.38. The predicted octanol–water partition coefficient (Wildman–Crippen LogP) is 2.15. The Morgan fingerprint density at radius 1 is 1.39 bits per heavy atom. The second-order valence-electron chi connectivity index (χ2n) is 3.53. The number of thiazole rings is 1. The quantitative estimate of drug-likeness (QED) is 0.872. The van der Waals surface area contributed by atoms with E-state index in [1.165, 1.54) is 42.7 Å². The molecule has 1 heterocycles. The molecular formula is C11H10N2O3S2. The van der Waals surface area contributed by atoms with Gasteiger partial charge < -0.3 is 0 Å². The molecular weight excluding hydrogens is 272 g/mol. The Bertz CT molecular complexity index is 663. The van der Waals surface area contributed by atoms with Crippen molar-refractivity contribution >= 4 is 32.3 Å². The van der Waals surface area contributed by atoms with Crippen molar-refractivity contribution in [1.29, 1.82) is 0 Å². The van der Waals surface area contributed by atoms with Crippen LogP contribution in [0.5, 0.6) is 0 Å². The van der Waals surface area contributed by atoms with Gasteiger partial charge in [-0.15, -0.1) is 11.3 Å². The van der Waals surface area contributed by atoms with Crippen LogP contribution in [0.4, 0.5) is 5.13 Å². The number of sulfonamides is 1. The van der Waals surface area contributed by atoms with Crippen molar-refractivity contribution in [2.75, 3.05) is 4.72 Å². The van der Waals surface area contributed by atoms with Crippen molar-refractivity contribution in [1.82, 2.24) is 4.98 Å². The molecule has 0 aliphatic carbocycles. The Morgan fingerprint density at radius 2 is 2.17 bits per heavy atom. The molecule has 2 rings (SSSR count). The Morgan fingerprint density at radius 3 is 2.78 bits per heavy atom. The first-order valence-electron chi connectivity index (χ1n) is 5.02. The number of carbonyl (C=O) groups is 1. The molecule has 0 bridgehead atoms. The molecule has 0 aliphatic rings. The van der Waals surface area contributed by atoms with Crippen LogP contribution in [0.15, 0.2) is 40.7 Å². The van der Waals surface area contributed by atoms with Crippen LogP contribution >= 0.6 is 11.3 Å². The van der Waals surface area contributed by atoms with Gasteiger partial charge in [-0.05, 0) is 19.1 Å². The third kappa shape index (κ3) is 2.74. The molecule has 1 N–H and O–H groups in total.